The van der Waals surface area contributed by atoms with Crippen LogP contribution in [0.25, 0.3) is 0 Å². The van der Waals surface area contributed by atoms with Crippen molar-refractivity contribution in [1.29, 1.82) is 0 Å². The van der Waals surface area contributed by atoms with E-state index in [2.05, 4.69) is 5.92 Å². The smallest absolute Gasteiger partial charge is 0.304 e. The Balaban J connectivity index is 2.10. The van der Waals surface area contributed by atoms with Gasteiger partial charge in [-0.1, -0.05) is 36.3 Å². The Morgan fingerprint density at radius 3 is 2.20 bits per heavy atom. The van der Waals surface area contributed by atoms with E-state index in [4.69, 9.17) is 15.9 Å². The van der Waals surface area contributed by atoms with Crippen LogP contribution in [0.1, 0.15) is 18.6 Å². The molecule has 0 heterocycles. The fourth-order valence-corrected chi connectivity index (χ4v) is 1.70. The maximum atomic E-state index is 11.0. The van der Waals surface area contributed by atoms with Crippen molar-refractivity contribution in [2.75, 3.05) is 0 Å². The topological polar surface area (TPSA) is 35.5 Å². The molecule has 0 radical (unpaired) electrons. The molecule has 0 aliphatic carbocycles. The highest BCUT2D eigenvalue weighted by Gasteiger charge is 2.11. The molecule has 100 valence electrons. The first kappa shape index (κ1) is 13.7. The first-order chi connectivity index (χ1) is 9.69. The molecule has 1 unspecified atom stereocenters. The highest BCUT2D eigenvalue weighted by molar-refractivity contribution is 5.66. The lowest BCUT2D eigenvalue weighted by molar-refractivity contribution is -0.144. The highest BCUT2D eigenvalue weighted by atomic mass is 16.5. The Morgan fingerprint density at radius 1 is 1.05 bits per heavy atom. The first-order valence-corrected chi connectivity index (χ1v) is 6.15. The number of ether oxygens (including phenoxy) is 2. The fourth-order valence-electron chi connectivity index (χ4n) is 1.70. The maximum absolute atomic E-state index is 11.0. The van der Waals surface area contributed by atoms with Gasteiger partial charge < -0.3 is 9.47 Å². The quantitative estimate of drug-likeness (QED) is 0.625. The molecular weight excluding hydrogens is 252 g/mol. The van der Waals surface area contributed by atoms with Crippen molar-refractivity contribution < 1.29 is 14.3 Å². The molecule has 3 nitrogen and oxygen atoms in total. The minimum Gasteiger partial charge on any atom is -0.457 e. The predicted octanol–water partition coefficient (Wildman–Crippen LogP) is 3.72. The molecule has 0 spiro atoms. The second kappa shape index (κ2) is 6.44. The van der Waals surface area contributed by atoms with Gasteiger partial charge in [0, 0.05) is 12.5 Å². The van der Waals surface area contributed by atoms with Crippen molar-refractivity contribution in [3.05, 3.63) is 60.2 Å². The molecule has 3 heteroatoms. The highest BCUT2D eigenvalue weighted by Crippen LogP contribution is 2.24. The summed E-state index contributed by atoms with van der Waals surface area (Å²) in [4.78, 5) is 11.0. The van der Waals surface area contributed by atoms with E-state index < -0.39 is 12.1 Å². The Kier molecular flexibility index (Phi) is 4.41. The molecule has 0 saturated heterocycles. The van der Waals surface area contributed by atoms with Crippen LogP contribution in [0, 0.1) is 12.3 Å². The maximum Gasteiger partial charge on any atom is 0.304 e. The van der Waals surface area contributed by atoms with Crippen LogP contribution in [0.3, 0.4) is 0 Å². The van der Waals surface area contributed by atoms with E-state index in [1.807, 2.05) is 30.3 Å². The lowest BCUT2D eigenvalue weighted by Crippen LogP contribution is -2.06. The van der Waals surface area contributed by atoms with Crippen molar-refractivity contribution in [2.24, 2.45) is 0 Å². The third kappa shape index (κ3) is 3.63. The fraction of sp³-hybridized carbons (Fsp3) is 0.118. The van der Waals surface area contributed by atoms with E-state index >= 15 is 0 Å². The summed E-state index contributed by atoms with van der Waals surface area (Å²) < 4.78 is 10.7. The van der Waals surface area contributed by atoms with Gasteiger partial charge in [-0.15, -0.1) is 6.42 Å². The molecule has 0 amide bonds. The Bertz CT molecular complexity index is 609. The van der Waals surface area contributed by atoms with E-state index in [-0.39, 0.29) is 0 Å². The Morgan fingerprint density at radius 2 is 1.65 bits per heavy atom. The zero-order valence-corrected chi connectivity index (χ0v) is 11.1. The average Bonchev–Trinajstić information content (AvgIpc) is 2.46. The van der Waals surface area contributed by atoms with Crippen LogP contribution in [-0.4, -0.2) is 5.97 Å². The van der Waals surface area contributed by atoms with Crippen LogP contribution in [0.4, 0.5) is 0 Å². The van der Waals surface area contributed by atoms with Gasteiger partial charge in [0.2, 0.25) is 0 Å². The molecule has 2 aromatic carbocycles. The number of esters is 1. The van der Waals surface area contributed by atoms with E-state index in [9.17, 15) is 4.79 Å². The minimum atomic E-state index is -0.668. The van der Waals surface area contributed by atoms with Gasteiger partial charge in [0.25, 0.3) is 0 Å². The van der Waals surface area contributed by atoms with Crippen LogP contribution in [0.2, 0.25) is 0 Å². The third-order valence-corrected chi connectivity index (χ3v) is 2.60. The van der Waals surface area contributed by atoms with Gasteiger partial charge in [0.15, 0.2) is 6.10 Å². The van der Waals surface area contributed by atoms with Gasteiger partial charge in [-0.25, -0.2) is 0 Å². The molecule has 0 aliphatic rings. The van der Waals surface area contributed by atoms with Gasteiger partial charge in [-0.05, 0) is 24.3 Å². The number of hydrogen-bond donors (Lipinski definition) is 0. The van der Waals surface area contributed by atoms with E-state index in [0.29, 0.717) is 5.75 Å². The zero-order valence-electron chi connectivity index (χ0n) is 11.1. The van der Waals surface area contributed by atoms with E-state index in [1.54, 1.807) is 24.3 Å². The standard InChI is InChI=1S/C17H14O3/c1-3-17(19-13(2)18)14-9-11-16(12-10-14)20-15-7-5-4-6-8-15/h1,4-12,17H,2H3. The van der Waals surface area contributed by atoms with Crippen LogP contribution < -0.4 is 4.74 Å². The number of carbonyl (C=O) groups excluding carboxylic acids is 1. The van der Waals surface area contributed by atoms with Gasteiger partial charge in [0.05, 0.1) is 0 Å². The summed E-state index contributed by atoms with van der Waals surface area (Å²) in [5.74, 6) is 3.48. The minimum absolute atomic E-state index is 0.405. The molecule has 20 heavy (non-hydrogen) atoms. The SMILES string of the molecule is C#CC(OC(C)=O)c1ccc(Oc2ccccc2)cc1. The van der Waals surface area contributed by atoms with Crippen molar-refractivity contribution in [3.63, 3.8) is 0 Å². The third-order valence-electron chi connectivity index (χ3n) is 2.60. The first-order valence-electron chi connectivity index (χ1n) is 6.15. The number of carbonyl (C=O) groups is 1. The van der Waals surface area contributed by atoms with Crippen LogP contribution in [0.5, 0.6) is 11.5 Å². The van der Waals surface area contributed by atoms with Crippen LogP contribution in [-0.2, 0) is 9.53 Å². The Hall–Kier alpha value is -2.73. The van der Waals surface area contributed by atoms with Gasteiger partial charge in [-0.3, -0.25) is 4.79 Å². The zero-order chi connectivity index (χ0) is 14.4. The second-order valence-electron chi connectivity index (χ2n) is 4.14. The Labute approximate surface area is 118 Å². The predicted molar refractivity (Wildman–Crippen MR) is 76.3 cm³/mol. The number of terminal acetylenes is 1. The van der Waals surface area contributed by atoms with Crippen molar-refractivity contribution in [2.45, 2.75) is 13.0 Å². The molecule has 0 aromatic heterocycles. The lowest BCUT2D eigenvalue weighted by Gasteiger charge is -2.12. The monoisotopic (exact) mass is 266 g/mol. The molecule has 0 fully saturated rings. The van der Waals surface area contributed by atoms with E-state index in [1.165, 1.54) is 6.92 Å². The molecular formula is C17H14O3. The molecule has 1 atom stereocenters. The molecule has 0 aliphatic heterocycles. The average molecular weight is 266 g/mol. The second-order valence-corrected chi connectivity index (χ2v) is 4.14. The molecule has 2 aromatic rings. The number of hydrogen-bond acceptors (Lipinski definition) is 3. The van der Waals surface area contributed by atoms with E-state index in [0.717, 1.165) is 11.3 Å². The van der Waals surface area contributed by atoms with Crippen molar-refractivity contribution >= 4 is 5.97 Å². The van der Waals surface area contributed by atoms with Crippen LogP contribution >= 0.6 is 0 Å². The van der Waals surface area contributed by atoms with Crippen molar-refractivity contribution in [3.8, 4) is 23.8 Å². The summed E-state index contributed by atoms with van der Waals surface area (Å²) in [7, 11) is 0. The molecule has 2 rings (SSSR count). The molecule has 0 bridgehead atoms. The summed E-state index contributed by atoms with van der Waals surface area (Å²) in [5.41, 5.74) is 0.739. The molecule has 0 N–H and O–H groups in total. The van der Waals surface area contributed by atoms with Gasteiger partial charge >= 0.3 is 5.97 Å². The summed E-state index contributed by atoms with van der Waals surface area (Å²) in [6, 6.07) is 16.6. The number of benzene rings is 2. The largest absolute Gasteiger partial charge is 0.457 e. The summed E-state index contributed by atoms with van der Waals surface area (Å²) in [5, 5.41) is 0. The number of rotatable bonds is 4. The lowest BCUT2D eigenvalue weighted by atomic mass is 10.1. The van der Waals surface area contributed by atoms with Gasteiger partial charge in [0.1, 0.15) is 11.5 Å². The van der Waals surface area contributed by atoms with Gasteiger partial charge in [-0.2, -0.15) is 0 Å². The molecule has 0 saturated carbocycles. The van der Waals surface area contributed by atoms with Crippen molar-refractivity contribution in [1.82, 2.24) is 0 Å². The van der Waals surface area contributed by atoms with Crippen LogP contribution in [0.15, 0.2) is 54.6 Å². The summed E-state index contributed by atoms with van der Waals surface area (Å²) >= 11 is 0. The number of para-hydroxylation sites is 1. The summed E-state index contributed by atoms with van der Waals surface area (Å²) in [6.07, 6.45) is 4.69. The summed E-state index contributed by atoms with van der Waals surface area (Å²) in [6.45, 7) is 1.33. The normalized spacial score (nSPS) is 11.2.